The minimum absolute atomic E-state index is 0.0262. The predicted octanol–water partition coefficient (Wildman–Crippen LogP) is 1.50. The maximum atomic E-state index is 12.8. The summed E-state index contributed by atoms with van der Waals surface area (Å²) in [6, 6.07) is 3.18. The summed E-state index contributed by atoms with van der Waals surface area (Å²) in [4.78, 5) is 14.3. The molecule has 9 nitrogen and oxygen atoms in total. The van der Waals surface area contributed by atoms with E-state index in [-0.39, 0.29) is 29.1 Å². The first-order chi connectivity index (χ1) is 13.2. The summed E-state index contributed by atoms with van der Waals surface area (Å²) >= 11 is 0. The number of anilines is 1. The third-order valence-electron chi connectivity index (χ3n) is 5.06. The van der Waals surface area contributed by atoms with Crippen molar-refractivity contribution < 1.29 is 8.42 Å². The lowest BCUT2D eigenvalue weighted by Gasteiger charge is -2.36. The summed E-state index contributed by atoms with van der Waals surface area (Å²) in [7, 11) is -3.66. The molecule has 0 saturated carbocycles. The Bertz CT molecular complexity index is 975. The van der Waals surface area contributed by atoms with Crippen LogP contribution in [0.15, 0.2) is 21.8 Å². The molecule has 1 aliphatic rings. The van der Waals surface area contributed by atoms with Crippen molar-refractivity contribution in [3.05, 3.63) is 33.9 Å². The van der Waals surface area contributed by atoms with Crippen molar-refractivity contribution in [2.24, 2.45) is 0 Å². The van der Waals surface area contributed by atoms with E-state index in [1.165, 1.54) is 10.7 Å². The third kappa shape index (κ3) is 4.12. The van der Waals surface area contributed by atoms with Crippen LogP contribution >= 0.6 is 0 Å². The number of hydrogen-bond acceptors (Lipinski definition) is 6. The molecule has 28 heavy (non-hydrogen) atoms. The Morgan fingerprint density at radius 1 is 1.29 bits per heavy atom. The van der Waals surface area contributed by atoms with E-state index in [9.17, 15) is 13.2 Å². The molecule has 2 aromatic heterocycles. The van der Waals surface area contributed by atoms with Crippen LogP contribution in [0.3, 0.4) is 0 Å². The van der Waals surface area contributed by atoms with Gasteiger partial charge in [-0.05, 0) is 53.0 Å². The van der Waals surface area contributed by atoms with Crippen molar-refractivity contribution in [3.8, 4) is 0 Å². The van der Waals surface area contributed by atoms with Gasteiger partial charge in [0.1, 0.15) is 10.7 Å². The van der Waals surface area contributed by atoms with Gasteiger partial charge in [-0.25, -0.2) is 17.8 Å². The lowest BCUT2D eigenvalue weighted by Crippen LogP contribution is -2.47. The van der Waals surface area contributed by atoms with Gasteiger partial charge in [-0.3, -0.25) is 9.89 Å². The Labute approximate surface area is 165 Å². The Hall–Kier alpha value is -2.20. The molecule has 2 N–H and O–H groups in total. The van der Waals surface area contributed by atoms with Crippen molar-refractivity contribution in [3.63, 3.8) is 0 Å². The standard InChI is InChI=1S/C18H28N6O3S/c1-12(2)24-17(25)9-8-16(22-24)23-10-6-5-7-15(23)11-19-28(26,27)18-13(3)20-21-14(18)4/h8-9,12,15,19H,5-7,10-11H2,1-4H3,(H,20,21). The first-order valence-electron chi connectivity index (χ1n) is 9.58. The van der Waals surface area contributed by atoms with E-state index < -0.39 is 10.0 Å². The number of aryl methyl sites for hydroxylation is 2. The van der Waals surface area contributed by atoms with Crippen molar-refractivity contribution in [1.29, 1.82) is 0 Å². The second-order valence-corrected chi connectivity index (χ2v) is 9.23. The Morgan fingerprint density at radius 3 is 2.68 bits per heavy atom. The van der Waals surface area contributed by atoms with Crippen LogP contribution in [-0.2, 0) is 10.0 Å². The van der Waals surface area contributed by atoms with Crippen LogP contribution in [0.2, 0.25) is 0 Å². The van der Waals surface area contributed by atoms with Crippen molar-refractivity contribution >= 4 is 15.8 Å². The van der Waals surface area contributed by atoms with Gasteiger partial charge in [0.15, 0.2) is 0 Å². The minimum Gasteiger partial charge on any atom is -0.351 e. The number of sulfonamides is 1. The fourth-order valence-electron chi connectivity index (χ4n) is 3.67. The maximum Gasteiger partial charge on any atom is 0.267 e. The summed E-state index contributed by atoms with van der Waals surface area (Å²) in [5.74, 6) is 0.702. The average molecular weight is 409 g/mol. The molecule has 154 valence electrons. The molecule has 3 rings (SSSR count). The van der Waals surface area contributed by atoms with Crippen LogP contribution in [-0.4, -0.2) is 47.5 Å². The third-order valence-corrected chi connectivity index (χ3v) is 6.75. The number of H-pyrrole nitrogens is 1. The lowest BCUT2D eigenvalue weighted by molar-refractivity contribution is 0.437. The van der Waals surface area contributed by atoms with Crippen molar-refractivity contribution in [2.45, 2.75) is 63.9 Å². The fraction of sp³-hybridized carbons (Fsp3) is 0.611. The molecule has 1 aliphatic heterocycles. The molecule has 2 aromatic rings. The monoisotopic (exact) mass is 408 g/mol. The van der Waals surface area contributed by atoms with Gasteiger partial charge in [0.2, 0.25) is 10.0 Å². The maximum absolute atomic E-state index is 12.8. The highest BCUT2D eigenvalue weighted by Gasteiger charge is 2.28. The summed E-state index contributed by atoms with van der Waals surface area (Å²) in [6.45, 7) is 8.24. The van der Waals surface area contributed by atoms with Crippen molar-refractivity contribution in [2.75, 3.05) is 18.0 Å². The predicted molar refractivity (Wildman–Crippen MR) is 107 cm³/mol. The van der Waals surface area contributed by atoms with E-state index in [2.05, 4.69) is 24.9 Å². The molecule has 1 unspecified atom stereocenters. The molecule has 0 bridgehead atoms. The van der Waals surface area contributed by atoms with Crippen LogP contribution in [0, 0.1) is 13.8 Å². The first-order valence-corrected chi connectivity index (χ1v) is 11.1. The molecule has 0 spiro atoms. The van der Waals surface area contributed by atoms with Gasteiger partial charge < -0.3 is 4.90 Å². The SMILES string of the molecule is Cc1n[nH]c(C)c1S(=O)(=O)NCC1CCCCN1c1ccc(=O)n(C(C)C)n1. The highest BCUT2D eigenvalue weighted by atomic mass is 32.2. The van der Waals surface area contributed by atoms with Gasteiger partial charge in [0.05, 0.1) is 17.4 Å². The quantitative estimate of drug-likeness (QED) is 0.749. The second kappa shape index (κ2) is 8.04. The fourth-order valence-corrected chi connectivity index (χ4v) is 5.11. The van der Waals surface area contributed by atoms with Gasteiger partial charge in [-0.15, -0.1) is 0 Å². The number of nitrogens with zero attached hydrogens (tertiary/aromatic N) is 4. The molecule has 0 radical (unpaired) electrons. The van der Waals surface area contributed by atoms with E-state index in [1.807, 2.05) is 13.8 Å². The van der Waals surface area contributed by atoms with Gasteiger partial charge in [-0.2, -0.15) is 10.2 Å². The van der Waals surface area contributed by atoms with Crippen LogP contribution in [0.1, 0.15) is 50.5 Å². The highest BCUT2D eigenvalue weighted by Crippen LogP contribution is 2.23. The van der Waals surface area contributed by atoms with E-state index in [1.54, 1.807) is 19.9 Å². The molecule has 0 aliphatic carbocycles. The normalized spacial score (nSPS) is 18.0. The minimum atomic E-state index is -3.66. The number of aromatic amines is 1. The van der Waals surface area contributed by atoms with Gasteiger partial charge >= 0.3 is 0 Å². The smallest absolute Gasteiger partial charge is 0.267 e. The van der Waals surface area contributed by atoms with E-state index in [4.69, 9.17) is 0 Å². The zero-order chi connectivity index (χ0) is 20.5. The first kappa shape index (κ1) is 20.5. The highest BCUT2D eigenvalue weighted by molar-refractivity contribution is 7.89. The summed E-state index contributed by atoms with van der Waals surface area (Å²) in [6.07, 6.45) is 2.89. The molecular formula is C18H28N6O3S. The van der Waals surface area contributed by atoms with Crippen LogP contribution in [0.5, 0.6) is 0 Å². The van der Waals surface area contributed by atoms with Gasteiger partial charge in [0, 0.05) is 25.2 Å². The van der Waals surface area contributed by atoms with Crippen LogP contribution in [0.25, 0.3) is 0 Å². The van der Waals surface area contributed by atoms with E-state index in [0.29, 0.717) is 17.2 Å². The van der Waals surface area contributed by atoms with Crippen molar-refractivity contribution in [1.82, 2.24) is 24.7 Å². The van der Waals surface area contributed by atoms with Crippen LogP contribution in [0.4, 0.5) is 5.82 Å². The molecule has 1 fully saturated rings. The topological polar surface area (TPSA) is 113 Å². The molecule has 10 heteroatoms. The number of piperidine rings is 1. The molecule has 0 amide bonds. The average Bonchev–Trinajstić information content (AvgIpc) is 3.00. The number of hydrogen-bond donors (Lipinski definition) is 2. The summed E-state index contributed by atoms with van der Waals surface area (Å²) < 4.78 is 29.7. The number of nitrogens with one attached hydrogen (secondary N) is 2. The number of aromatic nitrogens is 4. The zero-order valence-corrected chi connectivity index (χ0v) is 17.6. The van der Waals surface area contributed by atoms with E-state index >= 15 is 0 Å². The molecule has 0 aromatic carbocycles. The summed E-state index contributed by atoms with van der Waals surface area (Å²) in [5.41, 5.74) is 0.839. The summed E-state index contributed by atoms with van der Waals surface area (Å²) in [5, 5.41) is 11.2. The Kier molecular flexibility index (Phi) is 5.90. The lowest BCUT2D eigenvalue weighted by atomic mass is 10.0. The zero-order valence-electron chi connectivity index (χ0n) is 16.8. The van der Waals surface area contributed by atoms with E-state index in [0.717, 1.165) is 25.8 Å². The second-order valence-electron chi connectivity index (χ2n) is 7.53. The molecule has 1 saturated heterocycles. The molecular weight excluding hydrogens is 380 g/mol. The Balaban J connectivity index is 1.81. The molecule has 3 heterocycles. The number of rotatable bonds is 6. The largest absolute Gasteiger partial charge is 0.351 e. The van der Waals surface area contributed by atoms with Gasteiger partial charge in [0.25, 0.3) is 5.56 Å². The Morgan fingerprint density at radius 2 is 2.04 bits per heavy atom. The molecule has 1 atom stereocenters. The van der Waals surface area contributed by atoms with Crippen LogP contribution < -0.4 is 15.2 Å². The van der Waals surface area contributed by atoms with Gasteiger partial charge in [-0.1, -0.05) is 0 Å².